The van der Waals surface area contributed by atoms with Crippen LogP contribution in [0.2, 0.25) is 0 Å². The van der Waals surface area contributed by atoms with Crippen molar-refractivity contribution in [2.75, 3.05) is 41.9 Å². The summed E-state index contributed by atoms with van der Waals surface area (Å²) in [4.78, 5) is 15.5. The SMILES string of the molecule is N#Cc1ccc(C=NNc2nc(Nc3ccccc3)nc(N3CCOCC3)n2)cc1. The first-order valence-corrected chi connectivity index (χ1v) is 9.50. The normalized spacial score (nSPS) is 13.8. The molecule has 1 aliphatic rings. The van der Waals surface area contributed by atoms with E-state index >= 15 is 0 Å². The van der Waals surface area contributed by atoms with E-state index in [2.05, 4.69) is 41.8 Å². The zero-order valence-corrected chi connectivity index (χ0v) is 16.2. The lowest BCUT2D eigenvalue weighted by molar-refractivity contribution is 0.122. The number of morpholine rings is 1. The van der Waals surface area contributed by atoms with E-state index in [0.29, 0.717) is 49.7 Å². The van der Waals surface area contributed by atoms with Crippen molar-refractivity contribution in [1.82, 2.24) is 15.0 Å². The van der Waals surface area contributed by atoms with E-state index in [1.807, 2.05) is 42.5 Å². The molecule has 0 unspecified atom stereocenters. The maximum Gasteiger partial charge on any atom is 0.250 e. The second-order valence-electron chi connectivity index (χ2n) is 6.48. The van der Waals surface area contributed by atoms with Crippen molar-refractivity contribution in [2.24, 2.45) is 5.10 Å². The maximum atomic E-state index is 8.88. The highest BCUT2D eigenvalue weighted by Gasteiger charge is 2.16. The highest BCUT2D eigenvalue weighted by atomic mass is 16.5. The van der Waals surface area contributed by atoms with Gasteiger partial charge in [-0.25, -0.2) is 5.43 Å². The summed E-state index contributed by atoms with van der Waals surface area (Å²) < 4.78 is 5.42. The first kappa shape index (κ1) is 19.3. The van der Waals surface area contributed by atoms with Gasteiger partial charge in [0.1, 0.15) is 0 Å². The Morgan fingerprint density at radius 3 is 2.43 bits per heavy atom. The number of aromatic nitrogens is 3. The van der Waals surface area contributed by atoms with Gasteiger partial charge < -0.3 is 15.0 Å². The third-order valence-electron chi connectivity index (χ3n) is 4.37. The van der Waals surface area contributed by atoms with Crippen molar-refractivity contribution >= 4 is 29.7 Å². The van der Waals surface area contributed by atoms with Crippen LogP contribution in [-0.2, 0) is 4.74 Å². The zero-order valence-electron chi connectivity index (χ0n) is 16.2. The van der Waals surface area contributed by atoms with Crippen LogP contribution in [0.15, 0.2) is 59.7 Å². The summed E-state index contributed by atoms with van der Waals surface area (Å²) in [6.07, 6.45) is 1.64. The minimum Gasteiger partial charge on any atom is -0.378 e. The van der Waals surface area contributed by atoms with Crippen LogP contribution in [-0.4, -0.2) is 47.5 Å². The molecule has 150 valence electrons. The van der Waals surface area contributed by atoms with Gasteiger partial charge in [-0.1, -0.05) is 30.3 Å². The van der Waals surface area contributed by atoms with E-state index in [9.17, 15) is 0 Å². The number of hydrogen-bond acceptors (Lipinski definition) is 9. The third-order valence-corrected chi connectivity index (χ3v) is 4.37. The highest BCUT2D eigenvalue weighted by molar-refractivity contribution is 5.80. The molecule has 2 aromatic carbocycles. The number of nitriles is 1. The Balaban J connectivity index is 1.54. The van der Waals surface area contributed by atoms with Gasteiger partial charge in [0, 0.05) is 18.8 Å². The molecule has 0 spiro atoms. The van der Waals surface area contributed by atoms with Crippen LogP contribution in [0.3, 0.4) is 0 Å². The maximum absolute atomic E-state index is 8.88. The van der Waals surface area contributed by atoms with Crippen LogP contribution in [0.5, 0.6) is 0 Å². The molecule has 0 saturated carbocycles. The van der Waals surface area contributed by atoms with Crippen LogP contribution < -0.4 is 15.6 Å². The van der Waals surface area contributed by atoms with E-state index in [-0.39, 0.29) is 0 Å². The smallest absolute Gasteiger partial charge is 0.250 e. The summed E-state index contributed by atoms with van der Waals surface area (Å²) in [6, 6.07) is 18.9. The number of ether oxygens (including phenoxy) is 1. The van der Waals surface area contributed by atoms with E-state index in [0.717, 1.165) is 11.3 Å². The summed E-state index contributed by atoms with van der Waals surface area (Å²) in [6.45, 7) is 2.69. The highest BCUT2D eigenvalue weighted by Crippen LogP contribution is 2.18. The summed E-state index contributed by atoms with van der Waals surface area (Å²) in [5.41, 5.74) is 5.20. The minimum absolute atomic E-state index is 0.329. The lowest BCUT2D eigenvalue weighted by atomic mass is 10.2. The molecule has 4 rings (SSSR count). The molecule has 0 amide bonds. The van der Waals surface area contributed by atoms with Gasteiger partial charge in [0.15, 0.2) is 0 Å². The van der Waals surface area contributed by atoms with Crippen molar-refractivity contribution in [1.29, 1.82) is 5.26 Å². The molecule has 0 radical (unpaired) electrons. The Bertz CT molecular complexity index is 1040. The van der Waals surface area contributed by atoms with Gasteiger partial charge in [-0.2, -0.15) is 25.3 Å². The van der Waals surface area contributed by atoms with Crippen molar-refractivity contribution in [3.8, 4) is 6.07 Å². The van der Waals surface area contributed by atoms with Crippen molar-refractivity contribution in [2.45, 2.75) is 0 Å². The van der Waals surface area contributed by atoms with E-state index < -0.39 is 0 Å². The topological polar surface area (TPSA) is 111 Å². The second-order valence-corrected chi connectivity index (χ2v) is 6.48. The molecule has 9 nitrogen and oxygen atoms in total. The molecule has 1 aromatic heterocycles. The second kappa shape index (κ2) is 9.45. The number of hydrazone groups is 1. The lowest BCUT2D eigenvalue weighted by Crippen LogP contribution is -2.37. The number of para-hydroxylation sites is 1. The van der Waals surface area contributed by atoms with Gasteiger partial charge in [-0.3, -0.25) is 0 Å². The number of benzene rings is 2. The molecule has 2 N–H and O–H groups in total. The van der Waals surface area contributed by atoms with Gasteiger partial charge in [0.25, 0.3) is 0 Å². The van der Waals surface area contributed by atoms with Crippen LogP contribution in [0.1, 0.15) is 11.1 Å². The predicted molar refractivity (Wildman–Crippen MR) is 115 cm³/mol. The molecule has 2 heterocycles. The van der Waals surface area contributed by atoms with Gasteiger partial charge >= 0.3 is 0 Å². The van der Waals surface area contributed by atoms with Gasteiger partial charge in [0.05, 0.1) is 31.1 Å². The Morgan fingerprint density at radius 1 is 0.967 bits per heavy atom. The molecule has 1 saturated heterocycles. The monoisotopic (exact) mass is 400 g/mol. The minimum atomic E-state index is 0.329. The fraction of sp³-hybridized carbons (Fsp3) is 0.190. The fourth-order valence-electron chi connectivity index (χ4n) is 2.83. The van der Waals surface area contributed by atoms with Gasteiger partial charge in [0.2, 0.25) is 17.8 Å². The molecule has 1 fully saturated rings. The quantitative estimate of drug-likeness (QED) is 0.480. The summed E-state index contributed by atoms with van der Waals surface area (Å²) in [5.74, 6) is 1.31. The Morgan fingerprint density at radius 2 is 1.70 bits per heavy atom. The molecular formula is C21H20N8O. The molecule has 0 atom stereocenters. The third kappa shape index (κ3) is 5.06. The average molecular weight is 400 g/mol. The Labute approximate surface area is 174 Å². The van der Waals surface area contributed by atoms with Crippen molar-refractivity contribution in [3.05, 3.63) is 65.7 Å². The van der Waals surface area contributed by atoms with Gasteiger partial charge in [-0.15, -0.1) is 0 Å². The molecule has 1 aliphatic heterocycles. The molecule has 3 aromatic rings. The zero-order chi connectivity index (χ0) is 20.6. The molecule has 0 bridgehead atoms. The summed E-state index contributed by atoms with van der Waals surface area (Å²) in [5, 5.41) is 16.3. The number of nitrogens with zero attached hydrogens (tertiary/aromatic N) is 6. The van der Waals surface area contributed by atoms with Gasteiger partial charge in [-0.05, 0) is 29.8 Å². The number of hydrogen-bond donors (Lipinski definition) is 2. The first-order valence-electron chi connectivity index (χ1n) is 9.50. The largest absolute Gasteiger partial charge is 0.378 e. The van der Waals surface area contributed by atoms with Crippen LogP contribution in [0.25, 0.3) is 0 Å². The molecule has 9 heteroatoms. The lowest BCUT2D eigenvalue weighted by Gasteiger charge is -2.27. The standard InChI is InChI=1S/C21H20N8O/c22-14-16-6-8-17(9-7-16)15-23-28-20-25-19(24-18-4-2-1-3-5-18)26-21(27-20)29-10-12-30-13-11-29/h1-9,15H,10-13H2,(H2,24,25,26,27,28). The Kier molecular flexibility index (Phi) is 6.08. The molecular weight excluding hydrogens is 380 g/mol. The number of rotatable bonds is 6. The van der Waals surface area contributed by atoms with Crippen molar-refractivity contribution < 1.29 is 4.74 Å². The molecule has 0 aliphatic carbocycles. The van der Waals surface area contributed by atoms with E-state index in [1.165, 1.54) is 0 Å². The first-order chi connectivity index (χ1) is 14.8. The predicted octanol–water partition coefficient (Wildman–Crippen LogP) is 2.77. The van der Waals surface area contributed by atoms with Crippen LogP contribution >= 0.6 is 0 Å². The van der Waals surface area contributed by atoms with Crippen LogP contribution in [0, 0.1) is 11.3 Å². The summed E-state index contributed by atoms with van der Waals surface area (Å²) in [7, 11) is 0. The summed E-state index contributed by atoms with van der Waals surface area (Å²) >= 11 is 0. The Hall–Kier alpha value is -4.03. The van der Waals surface area contributed by atoms with Crippen molar-refractivity contribution in [3.63, 3.8) is 0 Å². The number of nitrogens with one attached hydrogen (secondary N) is 2. The average Bonchev–Trinajstić information content (AvgIpc) is 2.81. The van der Waals surface area contributed by atoms with E-state index in [1.54, 1.807) is 18.3 Å². The van der Waals surface area contributed by atoms with Crippen LogP contribution in [0.4, 0.5) is 23.5 Å². The molecule has 30 heavy (non-hydrogen) atoms. The number of anilines is 4. The van der Waals surface area contributed by atoms with E-state index in [4.69, 9.17) is 10.00 Å². The fourth-order valence-corrected chi connectivity index (χ4v) is 2.83.